The van der Waals surface area contributed by atoms with E-state index in [0.717, 1.165) is 0 Å². The quantitative estimate of drug-likeness (QED) is 0.438. The first-order valence-corrected chi connectivity index (χ1v) is 8.29. The summed E-state index contributed by atoms with van der Waals surface area (Å²) in [5.41, 5.74) is 0. The van der Waals surface area contributed by atoms with E-state index in [1.165, 1.54) is 0 Å². The Morgan fingerprint density at radius 1 is 0.944 bits per heavy atom. The van der Waals surface area contributed by atoms with Crippen LogP contribution in [0.1, 0.15) is 6.42 Å². The second-order valence-electron chi connectivity index (χ2n) is 5.04. The molecule has 3 aliphatic rings. The van der Waals surface area contributed by atoms with Gasteiger partial charge in [-0.2, -0.15) is 0 Å². The van der Waals surface area contributed by atoms with Crippen molar-refractivity contribution >= 4 is 92.8 Å². The summed E-state index contributed by atoms with van der Waals surface area (Å²) in [6.07, 6.45) is 0.565. The molecule has 2 bridgehead atoms. The van der Waals surface area contributed by atoms with Crippen LogP contribution in [-0.2, 0) is 0 Å². The molecule has 0 aromatic rings. The fourth-order valence-electron chi connectivity index (χ4n) is 3.50. The number of halogens is 8. The first kappa shape index (κ1) is 15.0. The molecule has 3 aliphatic carbocycles. The van der Waals surface area contributed by atoms with Crippen LogP contribution < -0.4 is 0 Å². The summed E-state index contributed by atoms with van der Waals surface area (Å²) in [4.78, 5) is -0.920. The van der Waals surface area contributed by atoms with Crippen molar-refractivity contribution in [3.8, 4) is 0 Å². The van der Waals surface area contributed by atoms with Crippen LogP contribution in [0.2, 0.25) is 0 Å². The second kappa shape index (κ2) is 4.07. The zero-order valence-corrected chi connectivity index (χ0v) is 14.6. The molecule has 102 valence electrons. The van der Waals surface area contributed by atoms with Crippen molar-refractivity contribution < 1.29 is 0 Å². The standard InChI is InChI=1S/C10H6Cl8/c11-4-2-1-8(14,7(4)13)5-3(2)6(12)10(17,18)9(5,15)16/h2-3,5-6H,1H2. The van der Waals surface area contributed by atoms with Gasteiger partial charge in [0, 0.05) is 16.9 Å². The average Bonchev–Trinajstić information content (AvgIpc) is 2.74. The maximum atomic E-state index is 6.60. The minimum absolute atomic E-state index is 0.0829. The summed E-state index contributed by atoms with van der Waals surface area (Å²) < 4.78 is -2.97. The third-order valence-electron chi connectivity index (χ3n) is 4.28. The molecular formula is C10H6Cl8. The third-order valence-corrected chi connectivity index (χ3v) is 9.42. The molecule has 5 atom stereocenters. The Morgan fingerprint density at radius 2 is 1.50 bits per heavy atom. The van der Waals surface area contributed by atoms with Gasteiger partial charge in [0.25, 0.3) is 0 Å². The molecule has 2 fully saturated rings. The summed E-state index contributed by atoms with van der Waals surface area (Å²) in [5, 5.41) is 0.274. The van der Waals surface area contributed by atoms with Crippen LogP contribution in [0.25, 0.3) is 0 Å². The molecule has 0 aromatic heterocycles. The van der Waals surface area contributed by atoms with Gasteiger partial charge in [0.05, 0.1) is 15.3 Å². The molecule has 3 rings (SSSR count). The minimum atomic E-state index is -1.50. The Morgan fingerprint density at radius 3 is 2.06 bits per heavy atom. The molecule has 0 aliphatic heterocycles. The maximum absolute atomic E-state index is 6.60. The van der Waals surface area contributed by atoms with E-state index in [4.69, 9.17) is 92.8 Å². The molecule has 8 heteroatoms. The molecule has 0 N–H and O–H groups in total. The molecular weight excluding hydrogens is 404 g/mol. The average molecular weight is 410 g/mol. The predicted molar refractivity (Wildman–Crippen MR) is 80.9 cm³/mol. The van der Waals surface area contributed by atoms with Crippen molar-refractivity contribution in [2.75, 3.05) is 0 Å². The Kier molecular flexibility index (Phi) is 3.39. The highest BCUT2D eigenvalue weighted by Crippen LogP contribution is 2.76. The summed E-state index contributed by atoms with van der Waals surface area (Å²) in [6, 6.07) is 0. The van der Waals surface area contributed by atoms with E-state index in [0.29, 0.717) is 16.5 Å². The first-order chi connectivity index (χ1) is 8.07. The third kappa shape index (κ3) is 1.46. The molecule has 0 spiro atoms. The zero-order valence-electron chi connectivity index (χ0n) is 8.54. The van der Waals surface area contributed by atoms with Crippen molar-refractivity contribution in [1.29, 1.82) is 0 Å². The highest BCUT2D eigenvalue weighted by atomic mass is 35.5. The van der Waals surface area contributed by atoms with Crippen molar-refractivity contribution in [3.05, 3.63) is 10.1 Å². The van der Waals surface area contributed by atoms with Crippen LogP contribution in [0.5, 0.6) is 0 Å². The van der Waals surface area contributed by atoms with E-state index in [2.05, 4.69) is 0 Å². The van der Waals surface area contributed by atoms with Gasteiger partial charge in [0.2, 0.25) is 0 Å². The normalized spacial score (nSPS) is 52.0. The highest BCUT2D eigenvalue weighted by Gasteiger charge is 2.79. The van der Waals surface area contributed by atoms with E-state index >= 15 is 0 Å². The first-order valence-electron chi connectivity index (χ1n) is 5.21. The van der Waals surface area contributed by atoms with Gasteiger partial charge in [-0.05, 0) is 12.3 Å². The van der Waals surface area contributed by atoms with Gasteiger partial charge in [0.1, 0.15) is 0 Å². The Labute approximate surface area is 145 Å². The van der Waals surface area contributed by atoms with Gasteiger partial charge in [-0.25, -0.2) is 0 Å². The molecule has 0 aromatic carbocycles. The van der Waals surface area contributed by atoms with Crippen LogP contribution in [-0.4, -0.2) is 18.9 Å². The Hall–Kier alpha value is 2.06. The summed E-state index contributed by atoms with van der Waals surface area (Å²) in [7, 11) is 0. The van der Waals surface area contributed by atoms with E-state index in [9.17, 15) is 0 Å². The van der Waals surface area contributed by atoms with Crippen molar-refractivity contribution in [2.24, 2.45) is 17.8 Å². The van der Waals surface area contributed by atoms with Gasteiger partial charge in [0.15, 0.2) is 8.67 Å². The molecule has 0 radical (unpaired) electrons. The highest BCUT2D eigenvalue weighted by molar-refractivity contribution is 6.66. The topological polar surface area (TPSA) is 0 Å². The van der Waals surface area contributed by atoms with Crippen LogP contribution in [0.4, 0.5) is 0 Å². The fourth-order valence-corrected chi connectivity index (χ4v) is 6.99. The summed E-state index contributed by atoms with van der Waals surface area (Å²) in [6.45, 7) is 0. The SMILES string of the molecule is ClC1=C(Cl)C2(Cl)CC1C1C(Cl)C(Cl)(Cl)C(Cl)(Cl)C12. The zero-order chi connectivity index (χ0) is 13.7. The van der Waals surface area contributed by atoms with E-state index in [-0.39, 0.29) is 11.8 Å². The smallest absolute Gasteiger partial charge is 0.119 e. The predicted octanol–water partition coefficient (Wildman–Crippen LogP) is 5.89. The molecule has 2 saturated carbocycles. The number of fused-ring (bicyclic) bond motifs is 5. The lowest BCUT2D eigenvalue weighted by atomic mass is 9.84. The fraction of sp³-hybridized carbons (Fsp3) is 0.800. The Balaban J connectivity index is 2.19. The molecule has 0 nitrogen and oxygen atoms in total. The summed E-state index contributed by atoms with van der Waals surface area (Å²) >= 11 is 50.5. The van der Waals surface area contributed by atoms with Gasteiger partial charge in [-0.3, -0.25) is 0 Å². The van der Waals surface area contributed by atoms with E-state index < -0.39 is 24.8 Å². The van der Waals surface area contributed by atoms with Crippen LogP contribution >= 0.6 is 92.8 Å². The number of rotatable bonds is 0. The number of hydrogen-bond acceptors (Lipinski definition) is 0. The van der Waals surface area contributed by atoms with E-state index in [1.807, 2.05) is 0 Å². The molecule has 0 heterocycles. The monoisotopic (exact) mass is 406 g/mol. The van der Waals surface area contributed by atoms with Gasteiger partial charge in [-0.15, -0.1) is 23.2 Å². The lowest BCUT2D eigenvalue weighted by Gasteiger charge is -2.37. The number of hydrogen-bond donors (Lipinski definition) is 0. The van der Waals surface area contributed by atoms with Gasteiger partial charge < -0.3 is 0 Å². The molecule has 0 saturated heterocycles. The largest absolute Gasteiger partial charge is 0.167 e. The maximum Gasteiger partial charge on any atom is 0.167 e. The Bertz CT molecular complexity index is 455. The molecule has 0 amide bonds. The van der Waals surface area contributed by atoms with Crippen molar-refractivity contribution in [1.82, 2.24) is 0 Å². The summed E-state index contributed by atoms with van der Waals surface area (Å²) in [5.74, 6) is -0.683. The number of allylic oxidation sites excluding steroid dienone is 2. The van der Waals surface area contributed by atoms with Gasteiger partial charge in [-0.1, -0.05) is 69.6 Å². The van der Waals surface area contributed by atoms with Crippen LogP contribution in [0.3, 0.4) is 0 Å². The van der Waals surface area contributed by atoms with Crippen molar-refractivity contribution in [3.63, 3.8) is 0 Å². The molecule has 18 heavy (non-hydrogen) atoms. The lowest BCUT2D eigenvalue weighted by Crippen LogP contribution is -2.45. The van der Waals surface area contributed by atoms with Crippen molar-refractivity contribution in [2.45, 2.75) is 25.3 Å². The second-order valence-corrected chi connectivity index (χ2v) is 9.74. The minimum Gasteiger partial charge on any atom is -0.119 e. The van der Waals surface area contributed by atoms with Gasteiger partial charge >= 0.3 is 0 Å². The molecule has 5 unspecified atom stereocenters. The number of alkyl halides is 6. The van der Waals surface area contributed by atoms with E-state index in [1.54, 1.807) is 0 Å². The van der Waals surface area contributed by atoms with Crippen LogP contribution in [0.15, 0.2) is 10.1 Å². The van der Waals surface area contributed by atoms with Crippen LogP contribution in [0, 0.1) is 17.8 Å². The lowest BCUT2D eigenvalue weighted by molar-refractivity contribution is 0.362.